The monoisotopic (exact) mass is 243 g/mol. The van der Waals surface area contributed by atoms with Crippen molar-refractivity contribution < 1.29 is 0 Å². The first kappa shape index (κ1) is 12.3. The summed E-state index contributed by atoms with van der Waals surface area (Å²) in [6.45, 7) is 3.92. The number of hydrazine groups is 1. The molecule has 0 atom stereocenters. The predicted molar refractivity (Wildman–Crippen MR) is 73.9 cm³/mol. The minimum absolute atomic E-state index is 0.752. The Balaban J connectivity index is 2.26. The van der Waals surface area contributed by atoms with Gasteiger partial charge in [-0.25, -0.2) is 15.4 Å². The zero-order valence-corrected chi connectivity index (χ0v) is 10.8. The molecular formula is C13H17N5. The molecule has 0 unspecified atom stereocenters. The maximum absolute atomic E-state index is 4.33. The molecule has 0 amide bonds. The average molecular weight is 243 g/mol. The predicted octanol–water partition coefficient (Wildman–Crippen LogP) is 2.38. The molecule has 2 rings (SSSR count). The van der Waals surface area contributed by atoms with E-state index >= 15 is 0 Å². The lowest BCUT2D eigenvalue weighted by Gasteiger charge is -2.13. The summed E-state index contributed by atoms with van der Waals surface area (Å²) in [4.78, 5) is 8.40. The van der Waals surface area contributed by atoms with Gasteiger partial charge in [0.25, 0.3) is 0 Å². The Morgan fingerprint density at radius 1 is 1.06 bits per heavy atom. The van der Waals surface area contributed by atoms with Gasteiger partial charge in [-0.05, 0) is 37.6 Å². The molecule has 1 aromatic carbocycles. The quantitative estimate of drug-likeness (QED) is 0.720. The van der Waals surface area contributed by atoms with Crippen molar-refractivity contribution in [1.29, 1.82) is 0 Å². The fraction of sp³-hybridized carbons (Fsp3) is 0.231. The third-order valence-corrected chi connectivity index (χ3v) is 2.63. The number of rotatable bonds is 4. The van der Waals surface area contributed by atoms with E-state index in [9.17, 15) is 0 Å². The number of aryl methyl sites for hydroxylation is 1. The molecule has 0 radical (unpaired) electrons. The van der Waals surface area contributed by atoms with E-state index < -0.39 is 0 Å². The minimum Gasteiger partial charge on any atom is -0.340 e. The van der Waals surface area contributed by atoms with E-state index in [4.69, 9.17) is 0 Å². The molecule has 0 aliphatic rings. The molecular weight excluding hydrogens is 226 g/mol. The zero-order chi connectivity index (χ0) is 13.0. The van der Waals surface area contributed by atoms with Crippen molar-refractivity contribution in [2.45, 2.75) is 13.8 Å². The van der Waals surface area contributed by atoms with Gasteiger partial charge in [0, 0.05) is 18.9 Å². The van der Waals surface area contributed by atoms with E-state index in [1.807, 2.05) is 38.2 Å². The number of nitrogens with one attached hydrogen (secondary N) is 3. The van der Waals surface area contributed by atoms with Gasteiger partial charge in [0.05, 0.1) is 5.69 Å². The van der Waals surface area contributed by atoms with Crippen LogP contribution in [0.5, 0.6) is 0 Å². The summed E-state index contributed by atoms with van der Waals surface area (Å²) in [7, 11) is 1.84. The Kier molecular flexibility index (Phi) is 3.74. The highest BCUT2D eigenvalue weighted by atomic mass is 15.3. The van der Waals surface area contributed by atoms with Crippen molar-refractivity contribution in [2.24, 2.45) is 0 Å². The SMILES string of the molecule is CNNc1cccc(Nc2ccnc(C)n2)c1C. The van der Waals surface area contributed by atoms with Crippen molar-refractivity contribution in [2.75, 3.05) is 17.8 Å². The van der Waals surface area contributed by atoms with Crippen LogP contribution < -0.4 is 16.2 Å². The van der Waals surface area contributed by atoms with Crippen LogP contribution in [0.4, 0.5) is 17.2 Å². The second-order valence-electron chi connectivity index (χ2n) is 3.97. The van der Waals surface area contributed by atoms with Gasteiger partial charge >= 0.3 is 0 Å². The van der Waals surface area contributed by atoms with Crippen molar-refractivity contribution in [3.8, 4) is 0 Å². The van der Waals surface area contributed by atoms with Crippen LogP contribution in [0.3, 0.4) is 0 Å². The van der Waals surface area contributed by atoms with Gasteiger partial charge in [-0.15, -0.1) is 0 Å². The Bertz CT molecular complexity index is 539. The van der Waals surface area contributed by atoms with Crippen LogP contribution in [0.1, 0.15) is 11.4 Å². The number of aromatic nitrogens is 2. The normalized spacial score (nSPS) is 10.2. The molecule has 0 saturated carbocycles. The molecule has 1 heterocycles. The van der Waals surface area contributed by atoms with Crippen LogP contribution in [0.2, 0.25) is 0 Å². The Morgan fingerprint density at radius 2 is 1.83 bits per heavy atom. The van der Waals surface area contributed by atoms with E-state index in [0.29, 0.717) is 0 Å². The van der Waals surface area contributed by atoms with Crippen molar-refractivity contribution in [1.82, 2.24) is 15.4 Å². The Morgan fingerprint density at radius 3 is 2.56 bits per heavy atom. The molecule has 3 N–H and O–H groups in total. The summed E-state index contributed by atoms with van der Waals surface area (Å²) in [5.74, 6) is 1.55. The summed E-state index contributed by atoms with van der Waals surface area (Å²) in [5, 5.41) is 3.29. The van der Waals surface area contributed by atoms with Crippen LogP contribution in [0, 0.1) is 13.8 Å². The maximum atomic E-state index is 4.33. The summed E-state index contributed by atoms with van der Waals surface area (Å²) in [6, 6.07) is 7.88. The lowest BCUT2D eigenvalue weighted by molar-refractivity contribution is 0.980. The third kappa shape index (κ3) is 2.75. The van der Waals surface area contributed by atoms with Crippen LogP contribution >= 0.6 is 0 Å². The van der Waals surface area contributed by atoms with Crippen molar-refractivity contribution in [3.63, 3.8) is 0 Å². The summed E-state index contributed by atoms with van der Waals surface area (Å²) in [5.41, 5.74) is 9.20. The molecule has 94 valence electrons. The molecule has 0 bridgehead atoms. The number of hydrogen-bond donors (Lipinski definition) is 3. The summed E-state index contributed by atoms with van der Waals surface area (Å²) in [6.07, 6.45) is 1.75. The van der Waals surface area contributed by atoms with E-state index in [-0.39, 0.29) is 0 Å². The molecule has 1 aromatic heterocycles. The summed E-state index contributed by atoms with van der Waals surface area (Å²) >= 11 is 0. The smallest absolute Gasteiger partial charge is 0.134 e. The number of benzene rings is 1. The number of nitrogens with zero attached hydrogens (tertiary/aromatic N) is 2. The zero-order valence-electron chi connectivity index (χ0n) is 10.8. The minimum atomic E-state index is 0.752. The van der Waals surface area contributed by atoms with E-state index in [0.717, 1.165) is 28.6 Å². The Labute approximate surface area is 107 Å². The highest BCUT2D eigenvalue weighted by Crippen LogP contribution is 2.25. The topological polar surface area (TPSA) is 61.9 Å². The first-order valence-electron chi connectivity index (χ1n) is 5.80. The van der Waals surface area contributed by atoms with Gasteiger partial charge in [-0.1, -0.05) is 6.07 Å². The molecule has 0 aliphatic heterocycles. The van der Waals surface area contributed by atoms with Gasteiger partial charge in [0.15, 0.2) is 0 Å². The molecule has 18 heavy (non-hydrogen) atoms. The van der Waals surface area contributed by atoms with Crippen molar-refractivity contribution in [3.05, 3.63) is 41.9 Å². The fourth-order valence-corrected chi connectivity index (χ4v) is 1.70. The van der Waals surface area contributed by atoms with Gasteiger partial charge in [-0.2, -0.15) is 0 Å². The first-order chi connectivity index (χ1) is 8.70. The third-order valence-electron chi connectivity index (χ3n) is 2.63. The van der Waals surface area contributed by atoms with E-state index in [1.165, 1.54) is 0 Å². The maximum Gasteiger partial charge on any atom is 0.134 e. The van der Waals surface area contributed by atoms with Gasteiger partial charge in [0.1, 0.15) is 11.6 Å². The Hall–Kier alpha value is -2.14. The second-order valence-corrected chi connectivity index (χ2v) is 3.97. The fourth-order valence-electron chi connectivity index (χ4n) is 1.70. The number of anilines is 3. The highest BCUT2D eigenvalue weighted by molar-refractivity contribution is 5.68. The standard InChI is InChI=1S/C13H17N5/c1-9-11(5-4-6-12(9)18-14-3)17-13-7-8-15-10(2)16-13/h4-8,14,18H,1-3H3,(H,15,16,17). The van der Waals surface area contributed by atoms with Gasteiger partial charge < -0.3 is 10.7 Å². The van der Waals surface area contributed by atoms with Crippen LogP contribution in [-0.2, 0) is 0 Å². The van der Waals surface area contributed by atoms with Crippen LogP contribution in [0.25, 0.3) is 0 Å². The lowest BCUT2D eigenvalue weighted by Crippen LogP contribution is -2.16. The average Bonchev–Trinajstić information content (AvgIpc) is 2.35. The highest BCUT2D eigenvalue weighted by Gasteiger charge is 2.04. The lowest BCUT2D eigenvalue weighted by atomic mass is 10.1. The molecule has 2 aromatic rings. The van der Waals surface area contributed by atoms with E-state index in [2.05, 4.69) is 33.1 Å². The molecule has 5 nitrogen and oxygen atoms in total. The second kappa shape index (κ2) is 5.46. The van der Waals surface area contributed by atoms with E-state index in [1.54, 1.807) is 6.20 Å². The van der Waals surface area contributed by atoms with Crippen LogP contribution in [0.15, 0.2) is 30.5 Å². The largest absolute Gasteiger partial charge is 0.340 e. The van der Waals surface area contributed by atoms with Crippen LogP contribution in [-0.4, -0.2) is 17.0 Å². The first-order valence-corrected chi connectivity index (χ1v) is 5.80. The summed E-state index contributed by atoms with van der Waals surface area (Å²) < 4.78 is 0. The van der Waals surface area contributed by atoms with Gasteiger partial charge in [-0.3, -0.25) is 0 Å². The van der Waals surface area contributed by atoms with Gasteiger partial charge in [0.2, 0.25) is 0 Å². The van der Waals surface area contributed by atoms with Crippen molar-refractivity contribution >= 4 is 17.2 Å². The molecule has 0 fully saturated rings. The molecule has 0 aliphatic carbocycles. The molecule has 0 saturated heterocycles. The molecule has 0 spiro atoms. The molecule has 5 heteroatoms. The number of hydrogen-bond acceptors (Lipinski definition) is 5.